The van der Waals surface area contributed by atoms with Crippen LogP contribution >= 0.6 is 0 Å². The van der Waals surface area contributed by atoms with Crippen LogP contribution in [0, 0.1) is 0 Å². The Morgan fingerprint density at radius 3 is 1.27 bits per heavy atom. The molecule has 8 heteroatoms. The molecule has 2 heterocycles. The Morgan fingerprint density at radius 1 is 0.773 bits per heavy atom. The van der Waals surface area contributed by atoms with Crippen molar-refractivity contribution in [3.63, 3.8) is 0 Å². The summed E-state index contributed by atoms with van der Waals surface area (Å²) in [5.74, 6) is -2.13. The first-order valence-electron chi connectivity index (χ1n) is 6.03. The van der Waals surface area contributed by atoms with Crippen LogP contribution in [0.3, 0.4) is 0 Å². The second-order valence-electron chi connectivity index (χ2n) is 3.71. The second-order valence-corrected chi connectivity index (χ2v) is 3.71. The van der Waals surface area contributed by atoms with E-state index in [2.05, 4.69) is 19.9 Å². The molecule has 8 nitrogen and oxygen atoms in total. The molecule has 0 aliphatic carbocycles. The van der Waals surface area contributed by atoms with Crippen LogP contribution in [0.2, 0.25) is 0 Å². The number of aromatic amines is 2. The summed E-state index contributed by atoms with van der Waals surface area (Å²) in [5, 5.41) is 16.9. The molecule has 3 aromatic rings. The highest BCUT2D eigenvalue weighted by Gasteiger charge is 2.04. The van der Waals surface area contributed by atoms with Gasteiger partial charge in [-0.25, -0.2) is 19.6 Å². The Labute approximate surface area is 125 Å². The van der Waals surface area contributed by atoms with Crippen LogP contribution < -0.4 is 0 Å². The first-order valence-corrected chi connectivity index (χ1v) is 6.03. The monoisotopic (exact) mass is 302 g/mol. The second kappa shape index (κ2) is 9.48. The van der Waals surface area contributed by atoms with Crippen LogP contribution in [0.5, 0.6) is 0 Å². The van der Waals surface area contributed by atoms with Gasteiger partial charge in [-0.3, -0.25) is 0 Å². The number of rotatable bonds is 2. The molecule has 2 aromatic heterocycles. The SMILES string of the molecule is O=C(O)c1ccc(C(=O)O)cc1.c1c[nH]cn1.c1c[nH]cn1. The zero-order chi connectivity index (χ0) is 16.2. The largest absolute Gasteiger partial charge is 0.478 e. The normalized spacial score (nSPS) is 8.73. The number of imidazole rings is 2. The first-order chi connectivity index (χ1) is 10.6. The van der Waals surface area contributed by atoms with Gasteiger partial charge in [0.1, 0.15) is 0 Å². The van der Waals surface area contributed by atoms with Crippen molar-refractivity contribution in [2.24, 2.45) is 0 Å². The molecule has 0 bridgehead atoms. The minimum Gasteiger partial charge on any atom is -0.478 e. The van der Waals surface area contributed by atoms with E-state index in [0.29, 0.717) is 0 Å². The van der Waals surface area contributed by atoms with Gasteiger partial charge in [-0.2, -0.15) is 0 Å². The van der Waals surface area contributed by atoms with Gasteiger partial charge < -0.3 is 20.2 Å². The molecule has 0 atom stereocenters. The van der Waals surface area contributed by atoms with E-state index < -0.39 is 11.9 Å². The Hall–Kier alpha value is -3.42. The maximum atomic E-state index is 10.3. The van der Waals surface area contributed by atoms with E-state index in [0.717, 1.165) is 0 Å². The van der Waals surface area contributed by atoms with Gasteiger partial charge in [0.25, 0.3) is 0 Å². The van der Waals surface area contributed by atoms with Crippen LogP contribution in [0.1, 0.15) is 20.7 Å². The van der Waals surface area contributed by atoms with Crippen LogP contribution in [0.4, 0.5) is 0 Å². The van der Waals surface area contributed by atoms with E-state index in [1.165, 1.54) is 24.3 Å². The molecule has 0 fully saturated rings. The summed E-state index contributed by atoms with van der Waals surface area (Å²) in [6.07, 6.45) is 10.2. The van der Waals surface area contributed by atoms with Crippen LogP contribution in [-0.4, -0.2) is 42.1 Å². The van der Waals surface area contributed by atoms with Crippen LogP contribution in [-0.2, 0) is 0 Å². The summed E-state index contributed by atoms with van der Waals surface area (Å²) < 4.78 is 0. The zero-order valence-corrected chi connectivity index (χ0v) is 11.4. The standard InChI is InChI=1S/C8H6O4.2C3H4N2/c9-7(10)5-1-2-6(4-3-5)8(11)12;2*1-2-5-3-4-1/h1-4H,(H,9,10)(H,11,12);2*1-3H,(H,4,5). The lowest BCUT2D eigenvalue weighted by atomic mass is 10.1. The van der Waals surface area contributed by atoms with Crippen LogP contribution in [0.15, 0.2) is 61.7 Å². The number of H-pyrrole nitrogens is 2. The van der Waals surface area contributed by atoms with Crippen molar-refractivity contribution in [3.8, 4) is 0 Å². The molecule has 4 N–H and O–H groups in total. The molecule has 0 spiro atoms. The number of carboxylic acids is 2. The predicted octanol–water partition coefficient (Wildman–Crippen LogP) is 1.90. The van der Waals surface area contributed by atoms with Crippen molar-refractivity contribution in [2.75, 3.05) is 0 Å². The fourth-order valence-electron chi connectivity index (χ4n) is 1.19. The average molecular weight is 302 g/mol. The lowest BCUT2D eigenvalue weighted by Gasteiger charge is -1.94. The number of carboxylic acid groups (broad SMARTS) is 2. The highest BCUT2D eigenvalue weighted by atomic mass is 16.4. The molecule has 3 rings (SSSR count). The number of carbonyl (C=O) groups is 2. The molecule has 0 amide bonds. The van der Waals surface area contributed by atoms with Crippen molar-refractivity contribution in [1.82, 2.24) is 19.9 Å². The highest BCUT2D eigenvalue weighted by molar-refractivity contribution is 5.91. The van der Waals surface area contributed by atoms with E-state index in [9.17, 15) is 9.59 Å². The summed E-state index contributed by atoms with van der Waals surface area (Å²) in [4.78, 5) is 33.5. The smallest absolute Gasteiger partial charge is 0.335 e. The summed E-state index contributed by atoms with van der Waals surface area (Å²) in [7, 11) is 0. The van der Waals surface area contributed by atoms with E-state index in [4.69, 9.17) is 10.2 Å². The van der Waals surface area contributed by atoms with Gasteiger partial charge in [0.05, 0.1) is 23.8 Å². The number of benzene rings is 1. The molecule has 114 valence electrons. The Morgan fingerprint density at radius 2 is 1.14 bits per heavy atom. The summed E-state index contributed by atoms with van der Waals surface area (Å²) >= 11 is 0. The molecule has 0 unspecified atom stereocenters. The average Bonchev–Trinajstić information content (AvgIpc) is 3.25. The summed E-state index contributed by atoms with van der Waals surface area (Å²) in [5.41, 5.74) is 0.167. The fourth-order valence-corrected chi connectivity index (χ4v) is 1.19. The van der Waals surface area contributed by atoms with Gasteiger partial charge in [0.2, 0.25) is 0 Å². The first kappa shape index (κ1) is 16.6. The third-order valence-electron chi connectivity index (χ3n) is 2.19. The summed E-state index contributed by atoms with van der Waals surface area (Å²) in [6.45, 7) is 0. The van der Waals surface area contributed by atoms with Gasteiger partial charge >= 0.3 is 11.9 Å². The number of nitrogens with zero attached hydrogens (tertiary/aromatic N) is 2. The van der Waals surface area contributed by atoms with Gasteiger partial charge in [0.15, 0.2) is 0 Å². The molecule has 1 aromatic carbocycles. The number of hydrogen-bond acceptors (Lipinski definition) is 4. The van der Waals surface area contributed by atoms with Crippen molar-refractivity contribution in [2.45, 2.75) is 0 Å². The van der Waals surface area contributed by atoms with Gasteiger partial charge in [0, 0.05) is 24.8 Å². The highest BCUT2D eigenvalue weighted by Crippen LogP contribution is 2.03. The summed E-state index contributed by atoms with van der Waals surface area (Å²) in [6, 6.07) is 5.02. The van der Waals surface area contributed by atoms with Crippen molar-refractivity contribution >= 4 is 11.9 Å². The Kier molecular flexibility index (Phi) is 7.17. The minimum absolute atomic E-state index is 0.0833. The number of hydrogen-bond donors (Lipinski definition) is 4. The van der Waals surface area contributed by atoms with Gasteiger partial charge in [-0.15, -0.1) is 0 Å². The number of nitrogens with one attached hydrogen (secondary N) is 2. The lowest BCUT2D eigenvalue weighted by Crippen LogP contribution is -1.99. The third kappa shape index (κ3) is 6.66. The molecule has 22 heavy (non-hydrogen) atoms. The quantitative estimate of drug-likeness (QED) is 0.571. The Bertz CT molecular complexity index is 555. The minimum atomic E-state index is -1.06. The van der Waals surface area contributed by atoms with E-state index in [1.807, 2.05) is 0 Å². The van der Waals surface area contributed by atoms with Crippen molar-refractivity contribution in [3.05, 3.63) is 72.8 Å². The maximum absolute atomic E-state index is 10.3. The van der Waals surface area contributed by atoms with E-state index >= 15 is 0 Å². The van der Waals surface area contributed by atoms with E-state index in [1.54, 1.807) is 37.4 Å². The molecule has 0 aliphatic rings. The number of aromatic nitrogens is 4. The molecule has 0 radical (unpaired) electrons. The molecule has 0 saturated carbocycles. The van der Waals surface area contributed by atoms with E-state index in [-0.39, 0.29) is 11.1 Å². The topological polar surface area (TPSA) is 132 Å². The zero-order valence-electron chi connectivity index (χ0n) is 11.4. The third-order valence-corrected chi connectivity index (χ3v) is 2.19. The van der Waals surface area contributed by atoms with Crippen molar-refractivity contribution in [1.29, 1.82) is 0 Å². The predicted molar refractivity (Wildman–Crippen MR) is 77.5 cm³/mol. The molecular formula is C14H14N4O4. The maximum Gasteiger partial charge on any atom is 0.335 e. The lowest BCUT2D eigenvalue weighted by molar-refractivity contribution is 0.0681. The van der Waals surface area contributed by atoms with Crippen molar-refractivity contribution < 1.29 is 19.8 Å². The molecular weight excluding hydrogens is 288 g/mol. The molecule has 0 aliphatic heterocycles. The van der Waals surface area contributed by atoms with Gasteiger partial charge in [-0.05, 0) is 24.3 Å². The van der Waals surface area contributed by atoms with Gasteiger partial charge in [-0.1, -0.05) is 0 Å². The van der Waals surface area contributed by atoms with Crippen LogP contribution in [0.25, 0.3) is 0 Å². The number of aromatic carboxylic acids is 2. The Balaban J connectivity index is 0.000000197. The molecule has 0 saturated heterocycles. The fraction of sp³-hybridized carbons (Fsp3) is 0.